The number of hydrogen-bond donors (Lipinski definition) is 0. The molecule has 2 heterocycles. The van der Waals surface area contributed by atoms with Crippen LogP contribution >= 0.6 is 11.6 Å². The third kappa shape index (κ3) is 6.76. The first-order valence-corrected chi connectivity index (χ1v) is 12.9. The van der Waals surface area contributed by atoms with E-state index >= 15 is 0 Å². The first-order chi connectivity index (χ1) is 17.7. The van der Waals surface area contributed by atoms with Crippen LogP contribution in [0.4, 0.5) is 4.39 Å². The Morgan fingerprint density at radius 3 is 2.30 bits per heavy atom. The van der Waals surface area contributed by atoms with Gasteiger partial charge < -0.3 is 14.7 Å². The van der Waals surface area contributed by atoms with Gasteiger partial charge in [-0.1, -0.05) is 29.8 Å². The summed E-state index contributed by atoms with van der Waals surface area (Å²) in [6.07, 6.45) is 3.19. The second-order valence-electron chi connectivity index (χ2n) is 9.61. The highest BCUT2D eigenvalue weighted by Gasteiger charge is 2.27. The molecular formula is C28H32ClFN4O3. The third-order valence-electron chi connectivity index (χ3n) is 6.98. The SMILES string of the molecule is CC(=O)N1CCN(C(=O)c2cc(Cl)ccc2/C=C/C(=O)N2CCN(Cc3ccc(F)cc3)C[C@H]2C)CC1. The molecular weight excluding hydrogens is 495 g/mol. The largest absolute Gasteiger partial charge is 0.339 e. The molecule has 2 aliphatic rings. The second-order valence-corrected chi connectivity index (χ2v) is 10.0. The van der Waals surface area contributed by atoms with Gasteiger partial charge in [-0.3, -0.25) is 19.3 Å². The predicted molar refractivity (Wildman–Crippen MR) is 141 cm³/mol. The van der Waals surface area contributed by atoms with Crippen LogP contribution in [0.15, 0.2) is 48.5 Å². The Bertz CT molecular complexity index is 1180. The zero-order chi connectivity index (χ0) is 26.5. The molecule has 0 aliphatic carbocycles. The molecule has 1 atom stereocenters. The van der Waals surface area contributed by atoms with Gasteiger partial charge >= 0.3 is 0 Å². The van der Waals surface area contributed by atoms with E-state index in [1.165, 1.54) is 25.1 Å². The van der Waals surface area contributed by atoms with Crippen LogP contribution < -0.4 is 0 Å². The summed E-state index contributed by atoms with van der Waals surface area (Å²) in [5.41, 5.74) is 2.10. The summed E-state index contributed by atoms with van der Waals surface area (Å²) in [6, 6.07) is 11.6. The number of rotatable bonds is 5. The number of nitrogens with zero attached hydrogens (tertiary/aromatic N) is 4. The summed E-state index contributed by atoms with van der Waals surface area (Å²) in [5.74, 6) is -0.527. The predicted octanol–water partition coefficient (Wildman–Crippen LogP) is 3.53. The average molecular weight is 527 g/mol. The van der Waals surface area contributed by atoms with E-state index in [2.05, 4.69) is 4.90 Å². The monoisotopic (exact) mass is 526 g/mol. The Hall–Kier alpha value is -3.23. The molecule has 0 saturated carbocycles. The van der Waals surface area contributed by atoms with Gasteiger partial charge in [-0.2, -0.15) is 0 Å². The van der Waals surface area contributed by atoms with Crippen molar-refractivity contribution in [1.82, 2.24) is 19.6 Å². The third-order valence-corrected chi connectivity index (χ3v) is 7.21. The van der Waals surface area contributed by atoms with Crippen LogP contribution in [0, 0.1) is 5.82 Å². The van der Waals surface area contributed by atoms with E-state index in [4.69, 9.17) is 11.6 Å². The van der Waals surface area contributed by atoms with Gasteiger partial charge in [0.25, 0.3) is 5.91 Å². The number of carbonyl (C=O) groups is 3. The van der Waals surface area contributed by atoms with E-state index < -0.39 is 0 Å². The zero-order valence-corrected chi connectivity index (χ0v) is 22.0. The smallest absolute Gasteiger partial charge is 0.254 e. The van der Waals surface area contributed by atoms with Crippen molar-refractivity contribution < 1.29 is 18.8 Å². The summed E-state index contributed by atoms with van der Waals surface area (Å²) >= 11 is 6.20. The molecule has 2 aliphatic heterocycles. The summed E-state index contributed by atoms with van der Waals surface area (Å²) in [5, 5.41) is 0.445. The molecule has 196 valence electrons. The first-order valence-electron chi connectivity index (χ1n) is 12.5. The maximum absolute atomic E-state index is 13.3. The molecule has 4 rings (SSSR count). The Balaban J connectivity index is 1.39. The van der Waals surface area contributed by atoms with Gasteiger partial charge in [-0.25, -0.2) is 4.39 Å². The number of benzene rings is 2. The van der Waals surface area contributed by atoms with Crippen molar-refractivity contribution in [2.45, 2.75) is 26.4 Å². The van der Waals surface area contributed by atoms with Crippen molar-refractivity contribution in [3.05, 3.63) is 76.1 Å². The lowest BCUT2D eigenvalue weighted by atomic mass is 10.0. The summed E-state index contributed by atoms with van der Waals surface area (Å²) in [4.78, 5) is 45.4. The molecule has 2 saturated heterocycles. The van der Waals surface area contributed by atoms with Gasteiger partial charge in [0, 0.05) is 82.0 Å². The summed E-state index contributed by atoms with van der Waals surface area (Å²) in [7, 11) is 0. The van der Waals surface area contributed by atoms with Gasteiger partial charge in [0.2, 0.25) is 11.8 Å². The lowest BCUT2D eigenvalue weighted by Gasteiger charge is -2.39. The minimum absolute atomic E-state index is 0.00232. The fourth-order valence-electron chi connectivity index (χ4n) is 4.86. The van der Waals surface area contributed by atoms with Crippen molar-refractivity contribution in [3.63, 3.8) is 0 Å². The minimum Gasteiger partial charge on any atom is -0.339 e. The van der Waals surface area contributed by atoms with E-state index in [1.807, 2.05) is 11.8 Å². The van der Waals surface area contributed by atoms with Gasteiger partial charge in [-0.15, -0.1) is 0 Å². The highest BCUT2D eigenvalue weighted by molar-refractivity contribution is 6.31. The molecule has 9 heteroatoms. The minimum atomic E-state index is -0.250. The molecule has 37 heavy (non-hydrogen) atoms. The topological polar surface area (TPSA) is 64.2 Å². The van der Waals surface area contributed by atoms with Gasteiger partial charge in [0.15, 0.2) is 0 Å². The fraction of sp³-hybridized carbons (Fsp3) is 0.393. The van der Waals surface area contributed by atoms with E-state index in [0.717, 1.165) is 12.1 Å². The van der Waals surface area contributed by atoms with E-state index in [-0.39, 0.29) is 29.6 Å². The highest BCUT2D eigenvalue weighted by Crippen LogP contribution is 2.21. The normalized spacial score (nSPS) is 18.9. The number of halogens is 2. The molecule has 0 aromatic heterocycles. The summed E-state index contributed by atoms with van der Waals surface area (Å²) in [6.45, 7) is 8.16. The van der Waals surface area contributed by atoms with Crippen LogP contribution in [-0.2, 0) is 16.1 Å². The van der Waals surface area contributed by atoms with Crippen molar-refractivity contribution in [3.8, 4) is 0 Å². The number of piperazine rings is 2. The molecule has 2 aromatic rings. The highest BCUT2D eigenvalue weighted by atomic mass is 35.5. The molecule has 0 unspecified atom stereocenters. The van der Waals surface area contributed by atoms with Gasteiger partial charge in [0.1, 0.15) is 5.82 Å². The molecule has 2 fully saturated rings. The maximum atomic E-state index is 13.3. The number of carbonyl (C=O) groups excluding carboxylic acids is 3. The van der Waals surface area contributed by atoms with Crippen molar-refractivity contribution in [2.75, 3.05) is 45.8 Å². The molecule has 0 spiro atoms. The van der Waals surface area contributed by atoms with Crippen LogP contribution in [0.5, 0.6) is 0 Å². The Morgan fingerprint density at radius 1 is 0.973 bits per heavy atom. The summed E-state index contributed by atoms with van der Waals surface area (Å²) < 4.78 is 13.2. The quantitative estimate of drug-likeness (QED) is 0.559. The Morgan fingerprint density at radius 2 is 1.65 bits per heavy atom. The molecule has 7 nitrogen and oxygen atoms in total. The number of amides is 3. The molecule has 0 radical (unpaired) electrons. The van der Waals surface area contributed by atoms with Crippen LogP contribution in [-0.4, -0.2) is 89.2 Å². The maximum Gasteiger partial charge on any atom is 0.254 e. The van der Waals surface area contributed by atoms with Gasteiger partial charge in [-0.05, 0) is 48.4 Å². The Labute approximate surface area is 222 Å². The number of hydrogen-bond acceptors (Lipinski definition) is 4. The Kier molecular flexibility index (Phi) is 8.61. The van der Waals surface area contributed by atoms with Crippen LogP contribution in [0.1, 0.15) is 35.3 Å². The first kappa shape index (κ1) is 26.8. The van der Waals surface area contributed by atoms with Crippen LogP contribution in [0.25, 0.3) is 6.08 Å². The van der Waals surface area contributed by atoms with E-state index in [1.54, 1.807) is 46.2 Å². The van der Waals surface area contributed by atoms with Crippen LogP contribution in [0.2, 0.25) is 5.02 Å². The zero-order valence-electron chi connectivity index (χ0n) is 21.2. The van der Waals surface area contributed by atoms with Crippen molar-refractivity contribution in [2.24, 2.45) is 0 Å². The van der Waals surface area contributed by atoms with E-state index in [9.17, 15) is 18.8 Å². The van der Waals surface area contributed by atoms with Gasteiger partial charge in [0.05, 0.1) is 0 Å². The second kappa shape index (κ2) is 11.9. The molecule has 3 amide bonds. The fourth-order valence-corrected chi connectivity index (χ4v) is 5.03. The standard InChI is InChI=1S/C28H32ClFN4O3/c1-20-18-31(19-22-3-8-25(30)9-4-22)11-16-34(20)27(36)10-6-23-5-7-24(29)17-26(23)28(37)33-14-12-32(13-15-33)21(2)35/h3-10,17,20H,11-16,18-19H2,1-2H3/b10-6+/t20-/m1/s1. The molecule has 0 bridgehead atoms. The average Bonchev–Trinajstić information content (AvgIpc) is 2.89. The van der Waals surface area contributed by atoms with Crippen LogP contribution in [0.3, 0.4) is 0 Å². The molecule has 0 N–H and O–H groups in total. The van der Waals surface area contributed by atoms with Crippen molar-refractivity contribution >= 4 is 35.4 Å². The molecule has 2 aromatic carbocycles. The lowest BCUT2D eigenvalue weighted by Crippen LogP contribution is -2.53. The van der Waals surface area contributed by atoms with Crippen molar-refractivity contribution in [1.29, 1.82) is 0 Å². The lowest BCUT2D eigenvalue weighted by molar-refractivity contribution is -0.131. The van der Waals surface area contributed by atoms with E-state index in [0.29, 0.717) is 62.0 Å².